The molecular formula is C9H21AlO3. The molecule has 3 nitrogen and oxygen atoms in total. The molecule has 0 aromatic rings. The summed E-state index contributed by atoms with van der Waals surface area (Å²) in [5, 5.41) is 9.30. The van der Waals surface area contributed by atoms with E-state index in [1.807, 2.05) is 34.6 Å². The molecule has 0 unspecified atom stereocenters. The van der Waals surface area contributed by atoms with Crippen LogP contribution in [0, 0.1) is 0 Å². The zero-order valence-corrected chi connectivity index (χ0v) is 10.5. The average Bonchev–Trinajstić information content (AvgIpc) is 2.03. The van der Waals surface area contributed by atoms with E-state index in [2.05, 4.69) is 0 Å². The van der Waals surface area contributed by atoms with Crippen molar-refractivity contribution in [1.82, 2.24) is 0 Å². The molecule has 0 spiro atoms. The van der Waals surface area contributed by atoms with Crippen molar-refractivity contribution in [3.05, 3.63) is 0 Å². The molecule has 0 atom stereocenters. The van der Waals surface area contributed by atoms with E-state index in [9.17, 15) is 5.11 Å². The fourth-order valence-corrected chi connectivity index (χ4v) is 0.763. The van der Waals surface area contributed by atoms with Crippen LogP contribution in [0.5, 0.6) is 0 Å². The summed E-state index contributed by atoms with van der Waals surface area (Å²) in [7, 11) is 0. The third-order valence-corrected chi connectivity index (χ3v) is 2.17. The summed E-state index contributed by atoms with van der Waals surface area (Å²) in [6.07, 6.45) is 1.37. The van der Waals surface area contributed by atoms with Crippen molar-refractivity contribution in [3.63, 3.8) is 0 Å². The summed E-state index contributed by atoms with van der Waals surface area (Å²) < 4.78 is 10.4. The van der Waals surface area contributed by atoms with Crippen LogP contribution in [0.4, 0.5) is 0 Å². The Kier molecular flexibility index (Phi) is 15.1. The van der Waals surface area contributed by atoms with E-state index in [4.69, 9.17) is 7.58 Å². The number of rotatable bonds is 5. The summed E-state index contributed by atoms with van der Waals surface area (Å²) >= 11 is -0.245. The first-order valence-electron chi connectivity index (χ1n) is 4.75. The van der Waals surface area contributed by atoms with Gasteiger partial charge in [0.1, 0.15) is 0 Å². The third kappa shape index (κ3) is 24.5. The number of hydrogen-bond acceptors (Lipinski definition) is 3. The second-order valence-electron chi connectivity index (χ2n) is 3.17. The molecule has 13 heavy (non-hydrogen) atoms. The zero-order valence-electron chi connectivity index (χ0n) is 9.37. The first kappa shape index (κ1) is 15.9. The molecule has 0 aromatic heterocycles. The van der Waals surface area contributed by atoms with Gasteiger partial charge in [-0.1, -0.05) is 13.3 Å². The predicted octanol–water partition coefficient (Wildman–Crippen LogP) is 1.13. The average molecular weight is 204 g/mol. The fourth-order valence-electron chi connectivity index (χ4n) is 0.254. The van der Waals surface area contributed by atoms with Gasteiger partial charge in [0, 0.05) is 0 Å². The van der Waals surface area contributed by atoms with Crippen molar-refractivity contribution in [1.29, 1.82) is 0 Å². The smallest absolute Gasteiger partial charge is 0.0667 e. The van der Waals surface area contributed by atoms with Crippen molar-refractivity contribution in [2.45, 2.75) is 53.2 Å². The van der Waals surface area contributed by atoms with E-state index in [-0.39, 0.29) is 22.5 Å². The van der Waals surface area contributed by atoms with Gasteiger partial charge in [-0.3, -0.25) is 0 Å². The van der Waals surface area contributed by atoms with Crippen molar-refractivity contribution in [2.24, 2.45) is 0 Å². The SMILES string of the molecule is CC(C)[O][Al+][O]C(C)C.CCC[O-]. The summed E-state index contributed by atoms with van der Waals surface area (Å²) in [4.78, 5) is 0. The van der Waals surface area contributed by atoms with Gasteiger partial charge in [-0.05, 0) is 0 Å². The molecule has 78 valence electrons. The Morgan fingerprint density at radius 3 is 1.54 bits per heavy atom. The molecule has 0 N–H and O–H groups in total. The van der Waals surface area contributed by atoms with E-state index < -0.39 is 0 Å². The number of hydrogen-bond donors (Lipinski definition) is 0. The normalized spacial score (nSPS) is 9.54. The van der Waals surface area contributed by atoms with Gasteiger partial charge in [-0.2, -0.15) is 0 Å². The molecule has 0 bridgehead atoms. The van der Waals surface area contributed by atoms with Crippen molar-refractivity contribution < 1.29 is 12.7 Å². The molecule has 0 heterocycles. The Hall–Kier alpha value is 0.412. The van der Waals surface area contributed by atoms with E-state index in [1.54, 1.807) is 0 Å². The maximum atomic E-state index is 9.30. The van der Waals surface area contributed by atoms with Gasteiger partial charge in [0.2, 0.25) is 0 Å². The van der Waals surface area contributed by atoms with Crippen LogP contribution in [-0.4, -0.2) is 34.7 Å². The molecule has 0 saturated heterocycles. The molecule has 4 heteroatoms. The van der Waals surface area contributed by atoms with Gasteiger partial charge in [-0.25, -0.2) is 0 Å². The summed E-state index contributed by atoms with van der Waals surface area (Å²) in [5.41, 5.74) is 0. The molecule has 0 radical (unpaired) electrons. The van der Waals surface area contributed by atoms with Crippen LogP contribution >= 0.6 is 0 Å². The molecule has 0 saturated carbocycles. The molecule has 0 aliphatic carbocycles. The largest absolute Gasteiger partial charge is 0.854 e. The van der Waals surface area contributed by atoms with E-state index in [0.29, 0.717) is 12.2 Å². The maximum absolute atomic E-state index is 9.30. The van der Waals surface area contributed by atoms with Gasteiger partial charge in [0.15, 0.2) is 0 Å². The minimum atomic E-state index is -0.245. The Labute approximate surface area is 88.8 Å². The van der Waals surface area contributed by atoms with Crippen LogP contribution in [0.25, 0.3) is 0 Å². The summed E-state index contributed by atoms with van der Waals surface area (Å²) in [6, 6.07) is 0. The maximum Gasteiger partial charge on any atom is -0.0667 e. The van der Waals surface area contributed by atoms with Crippen LogP contribution in [0.1, 0.15) is 41.0 Å². The minimum Gasteiger partial charge on any atom is -0.854 e. The topological polar surface area (TPSA) is 41.5 Å². The summed E-state index contributed by atoms with van der Waals surface area (Å²) in [6.45, 7) is 9.98. The molecule has 0 aliphatic heterocycles. The van der Waals surface area contributed by atoms with Crippen LogP contribution < -0.4 is 5.11 Å². The first-order chi connectivity index (χ1) is 6.04. The van der Waals surface area contributed by atoms with Gasteiger partial charge in [-0.15, -0.1) is 6.61 Å². The van der Waals surface area contributed by atoms with Crippen LogP contribution in [0.2, 0.25) is 0 Å². The van der Waals surface area contributed by atoms with Crippen LogP contribution in [-0.2, 0) is 7.58 Å². The molecule has 0 aromatic carbocycles. The zero-order chi connectivity index (χ0) is 10.7. The van der Waals surface area contributed by atoms with Gasteiger partial charge in [0.05, 0.1) is 0 Å². The first-order valence-corrected chi connectivity index (χ1v) is 5.69. The van der Waals surface area contributed by atoms with Gasteiger partial charge in [0.25, 0.3) is 0 Å². The second-order valence-corrected chi connectivity index (χ2v) is 3.91. The molecule has 0 rings (SSSR count). The van der Waals surface area contributed by atoms with Crippen molar-refractivity contribution in [2.75, 3.05) is 6.61 Å². The third-order valence-electron chi connectivity index (χ3n) is 0.860. The van der Waals surface area contributed by atoms with Crippen molar-refractivity contribution in [3.8, 4) is 0 Å². The Morgan fingerprint density at radius 1 is 1.08 bits per heavy atom. The molecule has 0 amide bonds. The van der Waals surface area contributed by atoms with Gasteiger partial charge < -0.3 is 5.11 Å². The Balaban J connectivity index is 0. The van der Waals surface area contributed by atoms with Crippen LogP contribution in [0.3, 0.4) is 0 Å². The summed E-state index contributed by atoms with van der Waals surface area (Å²) in [5.74, 6) is 0. The molecule has 0 fully saturated rings. The Bertz CT molecular complexity index is 76.9. The quantitative estimate of drug-likeness (QED) is 0.630. The molecule has 0 aliphatic rings. The van der Waals surface area contributed by atoms with E-state index in [1.165, 1.54) is 0 Å². The predicted molar refractivity (Wildman–Crippen MR) is 53.4 cm³/mol. The monoisotopic (exact) mass is 204 g/mol. The molecular weight excluding hydrogens is 183 g/mol. The minimum absolute atomic E-state index is 0.0694. The van der Waals surface area contributed by atoms with Crippen LogP contribution in [0.15, 0.2) is 0 Å². The second kappa shape index (κ2) is 12.4. The van der Waals surface area contributed by atoms with Gasteiger partial charge >= 0.3 is 63.4 Å². The van der Waals surface area contributed by atoms with Crippen molar-refractivity contribution >= 4 is 15.9 Å². The van der Waals surface area contributed by atoms with E-state index in [0.717, 1.165) is 6.42 Å². The van der Waals surface area contributed by atoms with E-state index >= 15 is 0 Å². The Morgan fingerprint density at radius 2 is 1.38 bits per heavy atom. The standard InChI is InChI=1S/3C3H7O.Al/c2*1-3(2)4;1-2-3-4;/h2*3H,1-2H3;2-3H2,1H3;/q3*-1;+3. The fraction of sp³-hybridized carbons (Fsp3) is 1.00.